The first-order valence-electron chi connectivity index (χ1n) is 14.6. The third kappa shape index (κ3) is 7.31. The Morgan fingerprint density at radius 2 is 1.27 bits per heavy atom. The minimum atomic E-state index is -0.495. The van der Waals surface area contributed by atoms with Crippen LogP contribution >= 0.6 is 11.6 Å². The summed E-state index contributed by atoms with van der Waals surface area (Å²) in [4.78, 5) is 53.4. The van der Waals surface area contributed by atoms with Crippen molar-refractivity contribution in [3.05, 3.63) is 144 Å². The number of carbonyl (C=O) groups excluding carboxylic acids is 1. The molecule has 49 heavy (non-hydrogen) atoms. The van der Waals surface area contributed by atoms with Crippen molar-refractivity contribution in [1.82, 2.24) is 20.0 Å². The number of non-ortho nitro benzene ring substituents is 2. The summed E-state index contributed by atoms with van der Waals surface area (Å²) in [5.41, 5.74) is 6.35. The lowest BCUT2D eigenvalue weighted by molar-refractivity contribution is -0.385. The molecule has 1 aromatic heterocycles. The number of nitrogens with one attached hydrogen (secondary N) is 3. The van der Waals surface area contributed by atoms with E-state index in [1.54, 1.807) is 56.3 Å². The van der Waals surface area contributed by atoms with Gasteiger partial charge in [-0.15, -0.1) is 0 Å². The SMILES string of the molecule is Cc1cc([N+](=O)[O-])ccc1Nc1nc(Nc2ccc([N+](=O)[O-])cc2C)nc(NN2C(=O)/C(=C\c3ccc(Cl)cc3)N=C2c2ccccc2)n1. The number of anilines is 5. The van der Waals surface area contributed by atoms with E-state index < -0.39 is 15.8 Å². The van der Waals surface area contributed by atoms with Gasteiger partial charge < -0.3 is 10.6 Å². The van der Waals surface area contributed by atoms with Crippen LogP contribution < -0.4 is 16.1 Å². The number of aryl methyl sites for hydroxylation is 2. The van der Waals surface area contributed by atoms with Crippen molar-refractivity contribution in [2.45, 2.75) is 13.8 Å². The Balaban J connectivity index is 1.39. The molecule has 0 aliphatic carbocycles. The number of benzene rings is 4. The van der Waals surface area contributed by atoms with E-state index in [4.69, 9.17) is 11.6 Å². The Morgan fingerprint density at radius 3 is 1.78 bits per heavy atom. The van der Waals surface area contributed by atoms with Crippen LogP contribution in [-0.2, 0) is 4.79 Å². The summed E-state index contributed by atoms with van der Waals surface area (Å²) in [5, 5.41) is 30.4. The van der Waals surface area contributed by atoms with Gasteiger partial charge in [-0.1, -0.05) is 54.1 Å². The summed E-state index contributed by atoms with van der Waals surface area (Å²) in [5.74, 6) is -0.219. The molecule has 3 N–H and O–H groups in total. The Morgan fingerprint density at radius 1 is 0.735 bits per heavy atom. The Bertz CT molecular complexity index is 2090. The third-order valence-corrected chi connectivity index (χ3v) is 7.50. The molecule has 0 saturated carbocycles. The van der Waals surface area contributed by atoms with E-state index in [2.05, 4.69) is 36.0 Å². The maximum Gasteiger partial charge on any atom is 0.297 e. The summed E-state index contributed by atoms with van der Waals surface area (Å²) in [6, 6.07) is 24.5. The molecule has 244 valence electrons. The predicted molar refractivity (Wildman–Crippen MR) is 185 cm³/mol. The highest BCUT2D eigenvalue weighted by Crippen LogP contribution is 2.28. The molecule has 15 nitrogen and oxygen atoms in total. The second-order valence-corrected chi connectivity index (χ2v) is 11.1. The number of halogens is 1. The molecule has 4 aromatic carbocycles. The molecule has 1 aliphatic heterocycles. The number of amides is 1. The highest BCUT2D eigenvalue weighted by molar-refractivity contribution is 6.30. The van der Waals surface area contributed by atoms with Crippen LogP contribution in [0.3, 0.4) is 0 Å². The Kier molecular flexibility index (Phi) is 8.91. The van der Waals surface area contributed by atoms with Crippen LogP contribution in [-0.4, -0.2) is 41.6 Å². The molecule has 1 amide bonds. The standard InChI is InChI=1S/C33H25ClN10O5/c1-19-16-24(43(46)47)12-14-26(19)36-31-38-32(37-27-15-13-25(44(48)49)17-20(27)2)40-33(39-31)41-42-29(22-6-4-3-5-7-22)35-28(30(42)45)18-21-8-10-23(34)11-9-21/h3-18H,1-2H3,(H3,36,37,38,39,40,41)/b28-18+. The number of carbonyl (C=O) groups is 1. The van der Waals surface area contributed by atoms with Gasteiger partial charge in [0, 0.05) is 46.2 Å². The van der Waals surface area contributed by atoms with Gasteiger partial charge in [0.2, 0.25) is 17.8 Å². The van der Waals surface area contributed by atoms with Crippen molar-refractivity contribution >= 4 is 70.0 Å². The van der Waals surface area contributed by atoms with Crippen molar-refractivity contribution in [2.24, 2.45) is 4.99 Å². The number of nitro groups is 2. The van der Waals surface area contributed by atoms with Crippen LogP contribution in [0.5, 0.6) is 0 Å². The fraction of sp³-hybridized carbons (Fsp3) is 0.0606. The average Bonchev–Trinajstić information content (AvgIpc) is 3.38. The molecule has 0 fully saturated rings. The van der Waals surface area contributed by atoms with Gasteiger partial charge in [-0.2, -0.15) is 20.0 Å². The van der Waals surface area contributed by atoms with Crippen LogP contribution in [0.2, 0.25) is 5.02 Å². The zero-order valence-electron chi connectivity index (χ0n) is 25.8. The number of nitro benzene ring substituents is 2. The molecule has 0 atom stereocenters. The second-order valence-electron chi connectivity index (χ2n) is 10.7. The largest absolute Gasteiger partial charge is 0.324 e. The van der Waals surface area contributed by atoms with Crippen LogP contribution in [0, 0.1) is 34.1 Å². The number of aliphatic imine (C=N–C) groups is 1. The summed E-state index contributed by atoms with van der Waals surface area (Å²) < 4.78 is 0. The first kappa shape index (κ1) is 32.2. The average molecular weight is 677 g/mol. The minimum Gasteiger partial charge on any atom is -0.324 e. The molecule has 6 rings (SSSR count). The fourth-order valence-electron chi connectivity index (χ4n) is 4.80. The normalized spacial score (nSPS) is 13.3. The molecule has 2 heterocycles. The van der Waals surface area contributed by atoms with E-state index in [0.29, 0.717) is 38.7 Å². The third-order valence-electron chi connectivity index (χ3n) is 7.25. The number of hydrogen-bond donors (Lipinski definition) is 3. The van der Waals surface area contributed by atoms with Gasteiger partial charge >= 0.3 is 0 Å². The van der Waals surface area contributed by atoms with Crippen molar-refractivity contribution in [3.63, 3.8) is 0 Å². The number of hydrazine groups is 1. The summed E-state index contributed by atoms with van der Waals surface area (Å²) in [7, 11) is 0. The monoisotopic (exact) mass is 676 g/mol. The summed E-state index contributed by atoms with van der Waals surface area (Å²) in [6.45, 7) is 3.38. The molecule has 16 heteroatoms. The first-order chi connectivity index (χ1) is 23.5. The highest BCUT2D eigenvalue weighted by Gasteiger charge is 2.32. The van der Waals surface area contributed by atoms with Crippen LogP contribution in [0.25, 0.3) is 6.08 Å². The molecule has 1 aliphatic rings. The van der Waals surface area contributed by atoms with E-state index in [1.807, 2.05) is 18.2 Å². The zero-order chi connectivity index (χ0) is 34.7. The van der Waals surface area contributed by atoms with Crippen LogP contribution in [0.1, 0.15) is 22.3 Å². The number of nitrogens with zero attached hydrogens (tertiary/aromatic N) is 7. The lowest BCUT2D eigenvalue weighted by atomic mass is 10.2. The van der Waals surface area contributed by atoms with Crippen molar-refractivity contribution in [2.75, 3.05) is 16.1 Å². The van der Waals surface area contributed by atoms with Gasteiger partial charge in [0.1, 0.15) is 5.70 Å². The smallest absolute Gasteiger partial charge is 0.297 e. The maximum absolute atomic E-state index is 13.8. The molecule has 0 spiro atoms. The number of hydrogen-bond acceptors (Lipinski definition) is 12. The van der Waals surface area contributed by atoms with Gasteiger partial charge in [-0.05, 0) is 60.9 Å². The van der Waals surface area contributed by atoms with Gasteiger partial charge in [0.25, 0.3) is 17.3 Å². The van der Waals surface area contributed by atoms with Gasteiger partial charge in [-0.25, -0.2) is 4.99 Å². The second kappa shape index (κ2) is 13.5. The number of aromatic nitrogens is 3. The minimum absolute atomic E-state index is 0.0262. The molecule has 0 saturated heterocycles. The van der Waals surface area contributed by atoms with Crippen LogP contribution in [0.15, 0.2) is 102 Å². The zero-order valence-corrected chi connectivity index (χ0v) is 26.5. The van der Waals surface area contributed by atoms with E-state index >= 15 is 0 Å². The van der Waals surface area contributed by atoms with Gasteiger partial charge in [-0.3, -0.25) is 30.4 Å². The van der Waals surface area contributed by atoms with E-state index in [9.17, 15) is 25.0 Å². The van der Waals surface area contributed by atoms with Crippen molar-refractivity contribution in [3.8, 4) is 0 Å². The maximum atomic E-state index is 13.8. The molecule has 0 bridgehead atoms. The van der Waals surface area contributed by atoms with E-state index in [1.165, 1.54) is 41.4 Å². The van der Waals surface area contributed by atoms with Crippen molar-refractivity contribution < 1.29 is 14.6 Å². The van der Waals surface area contributed by atoms with E-state index in [0.717, 1.165) is 0 Å². The van der Waals surface area contributed by atoms with Gasteiger partial charge in [0.15, 0.2) is 5.84 Å². The number of rotatable bonds is 10. The summed E-state index contributed by atoms with van der Waals surface area (Å²) >= 11 is 6.04. The van der Waals surface area contributed by atoms with Crippen LogP contribution in [0.4, 0.5) is 40.6 Å². The highest BCUT2D eigenvalue weighted by atomic mass is 35.5. The predicted octanol–water partition coefficient (Wildman–Crippen LogP) is 7.10. The summed E-state index contributed by atoms with van der Waals surface area (Å²) in [6.07, 6.45) is 1.63. The first-order valence-corrected chi connectivity index (χ1v) is 14.9. The quantitative estimate of drug-likeness (QED) is 0.0775. The molecule has 0 radical (unpaired) electrons. The molecular formula is C33H25ClN10O5. The lowest BCUT2D eigenvalue weighted by Gasteiger charge is -2.20. The Labute approximate surface area is 283 Å². The molecule has 5 aromatic rings. The topological polar surface area (TPSA) is 194 Å². The lowest BCUT2D eigenvalue weighted by Crippen LogP contribution is -2.38. The Hall–Kier alpha value is -6.74. The fourth-order valence-corrected chi connectivity index (χ4v) is 4.93. The molecule has 0 unspecified atom stereocenters. The van der Waals surface area contributed by atoms with Crippen molar-refractivity contribution in [1.29, 1.82) is 0 Å². The number of amidine groups is 1. The molecular weight excluding hydrogens is 652 g/mol. The van der Waals surface area contributed by atoms with E-state index in [-0.39, 0.29) is 40.8 Å². The van der Waals surface area contributed by atoms with Gasteiger partial charge in [0.05, 0.1) is 9.85 Å².